The molecule has 0 aliphatic heterocycles. The van der Waals surface area contributed by atoms with E-state index in [2.05, 4.69) is 126 Å². The maximum absolute atomic E-state index is 6.90. The van der Waals surface area contributed by atoms with Crippen LogP contribution in [0.1, 0.15) is 0 Å². The quantitative estimate of drug-likeness (QED) is 0.172. The number of hydrogen-bond acceptors (Lipinski definition) is 4. The Morgan fingerprint density at radius 1 is 0.339 bits per heavy atom. The Labute approximate surface area is 322 Å². The van der Waals surface area contributed by atoms with Gasteiger partial charge in [0.15, 0.2) is 17.5 Å². The minimum atomic E-state index is 0.582. The molecule has 3 heterocycles. The molecule has 11 rings (SSSR count). The first-order valence-corrected chi connectivity index (χ1v) is 18.8. The lowest BCUT2D eigenvalue weighted by Gasteiger charge is -2.14. The van der Waals surface area contributed by atoms with Gasteiger partial charge < -0.3 is 8.98 Å². The fourth-order valence-electron chi connectivity index (χ4n) is 8.07. The summed E-state index contributed by atoms with van der Waals surface area (Å²) in [6.45, 7) is 0. The smallest absolute Gasteiger partial charge is 0.164 e. The Hall–Kier alpha value is -7.63. The Bertz CT molecular complexity index is 3130. The number of fused-ring (bicyclic) bond motifs is 6. The first-order chi connectivity index (χ1) is 27.8. The SMILES string of the molecule is c1ccc(-c2cccc(-c3cc(-n4c5ccccc5c5ccccc54)c4c(c3)oc3cccc(-c5nc(-c6ccccc6)nc(-c6ccccc6)n5)c34)c2)cc1. The molecule has 0 spiro atoms. The molecule has 56 heavy (non-hydrogen) atoms. The van der Waals surface area contributed by atoms with Crippen LogP contribution in [0.25, 0.3) is 106 Å². The van der Waals surface area contributed by atoms with E-state index in [1.165, 1.54) is 16.3 Å². The van der Waals surface area contributed by atoms with Crippen molar-refractivity contribution >= 4 is 43.7 Å². The van der Waals surface area contributed by atoms with Crippen molar-refractivity contribution in [1.29, 1.82) is 0 Å². The van der Waals surface area contributed by atoms with Gasteiger partial charge in [0.05, 0.1) is 22.1 Å². The van der Waals surface area contributed by atoms with Gasteiger partial charge in [-0.25, -0.2) is 15.0 Å². The molecule has 0 N–H and O–H groups in total. The fourth-order valence-corrected chi connectivity index (χ4v) is 8.07. The Balaban J connectivity index is 1.23. The largest absolute Gasteiger partial charge is 0.456 e. The van der Waals surface area contributed by atoms with Gasteiger partial charge in [-0.1, -0.05) is 158 Å². The lowest BCUT2D eigenvalue weighted by atomic mass is 9.96. The highest BCUT2D eigenvalue weighted by Crippen LogP contribution is 2.44. The van der Waals surface area contributed by atoms with Crippen molar-refractivity contribution in [1.82, 2.24) is 19.5 Å². The minimum absolute atomic E-state index is 0.582. The summed E-state index contributed by atoms with van der Waals surface area (Å²) in [5.74, 6) is 1.81. The first kappa shape index (κ1) is 31.9. The summed E-state index contributed by atoms with van der Waals surface area (Å²) < 4.78 is 9.29. The number of rotatable bonds is 6. The third-order valence-corrected chi connectivity index (χ3v) is 10.6. The number of benzene rings is 8. The molecule has 0 amide bonds. The van der Waals surface area contributed by atoms with E-state index >= 15 is 0 Å². The molecule has 0 aliphatic carbocycles. The summed E-state index contributed by atoms with van der Waals surface area (Å²) in [6.07, 6.45) is 0. The van der Waals surface area contributed by atoms with Crippen molar-refractivity contribution in [3.05, 3.63) is 194 Å². The van der Waals surface area contributed by atoms with Crippen LogP contribution in [-0.4, -0.2) is 19.5 Å². The van der Waals surface area contributed by atoms with Gasteiger partial charge in [-0.2, -0.15) is 0 Å². The summed E-state index contributed by atoms with van der Waals surface area (Å²) in [5, 5.41) is 4.33. The average molecular weight is 717 g/mol. The van der Waals surface area contributed by atoms with Crippen LogP contribution in [0.15, 0.2) is 199 Å². The van der Waals surface area contributed by atoms with E-state index in [-0.39, 0.29) is 0 Å². The van der Waals surface area contributed by atoms with E-state index in [1.54, 1.807) is 0 Å². The zero-order valence-corrected chi connectivity index (χ0v) is 30.2. The van der Waals surface area contributed by atoms with Gasteiger partial charge in [0.2, 0.25) is 0 Å². The van der Waals surface area contributed by atoms with Crippen molar-refractivity contribution < 1.29 is 4.42 Å². The maximum Gasteiger partial charge on any atom is 0.164 e. The molecule has 0 saturated carbocycles. The topological polar surface area (TPSA) is 56.7 Å². The van der Waals surface area contributed by atoms with Gasteiger partial charge in [0, 0.05) is 32.8 Å². The molecule has 0 fully saturated rings. The summed E-state index contributed by atoms with van der Waals surface area (Å²) in [5.41, 5.74) is 12.0. The number of furan rings is 1. The van der Waals surface area contributed by atoms with Gasteiger partial charge in [-0.3, -0.25) is 0 Å². The molecule has 8 aromatic carbocycles. The van der Waals surface area contributed by atoms with Gasteiger partial charge in [0.1, 0.15) is 11.2 Å². The van der Waals surface area contributed by atoms with Crippen molar-refractivity contribution in [3.8, 4) is 62.1 Å². The van der Waals surface area contributed by atoms with Gasteiger partial charge in [-0.05, 0) is 58.7 Å². The van der Waals surface area contributed by atoms with Crippen LogP contribution in [0.2, 0.25) is 0 Å². The molecular formula is C51H32N4O. The number of hydrogen-bond donors (Lipinski definition) is 0. The predicted molar refractivity (Wildman–Crippen MR) is 229 cm³/mol. The van der Waals surface area contributed by atoms with Crippen molar-refractivity contribution in [3.63, 3.8) is 0 Å². The monoisotopic (exact) mass is 716 g/mol. The molecule has 5 heteroatoms. The average Bonchev–Trinajstić information content (AvgIpc) is 3.83. The summed E-state index contributed by atoms with van der Waals surface area (Å²) in [7, 11) is 0. The van der Waals surface area contributed by atoms with Crippen LogP contribution < -0.4 is 0 Å². The molecule has 5 nitrogen and oxygen atoms in total. The summed E-state index contributed by atoms with van der Waals surface area (Å²) >= 11 is 0. The van der Waals surface area contributed by atoms with E-state index in [0.29, 0.717) is 17.5 Å². The first-order valence-electron chi connectivity index (χ1n) is 18.8. The van der Waals surface area contributed by atoms with E-state index in [1.807, 2.05) is 72.8 Å². The Morgan fingerprint density at radius 3 is 1.46 bits per heavy atom. The second-order valence-electron chi connectivity index (χ2n) is 14.0. The molecule has 0 aliphatic rings. The third-order valence-electron chi connectivity index (χ3n) is 10.6. The standard InChI is InChI=1S/C51H32N4O/c1-4-16-33(17-5-1)36-22-14-23-37(30-36)38-31-44(55-42-27-12-10-24-39(42)40-25-11-13-28-43(40)55)48-46(32-38)56-45-29-15-26-41(47(45)48)51-53-49(34-18-6-2-7-19-34)52-50(54-51)35-20-8-3-9-21-35/h1-32H. The van der Waals surface area contributed by atoms with Crippen LogP contribution >= 0.6 is 0 Å². The normalized spacial score (nSPS) is 11.6. The second-order valence-corrected chi connectivity index (χ2v) is 14.0. The van der Waals surface area contributed by atoms with Crippen LogP contribution in [0.5, 0.6) is 0 Å². The van der Waals surface area contributed by atoms with Crippen LogP contribution in [0.4, 0.5) is 0 Å². The fraction of sp³-hybridized carbons (Fsp3) is 0. The molecule has 0 bridgehead atoms. The van der Waals surface area contributed by atoms with E-state index in [4.69, 9.17) is 19.4 Å². The molecule has 3 aromatic heterocycles. The second kappa shape index (κ2) is 13.0. The van der Waals surface area contributed by atoms with E-state index in [0.717, 1.165) is 72.0 Å². The molecular weight excluding hydrogens is 685 g/mol. The zero-order chi connectivity index (χ0) is 37.0. The minimum Gasteiger partial charge on any atom is -0.456 e. The van der Waals surface area contributed by atoms with E-state index in [9.17, 15) is 0 Å². The van der Waals surface area contributed by atoms with Crippen molar-refractivity contribution in [2.45, 2.75) is 0 Å². The Kier molecular flexibility index (Phi) is 7.42. The maximum atomic E-state index is 6.90. The van der Waals surface area contributed by atoms with Crippen LogP contribution in [-0.2, 0) is 0 Å². The molecule has 0 saturated heterocycles. The van der Waals surface area contributed by atoms with E-state index < -0.39 is 0 Å². The predicted octanol–water partition coefficient (Wildman–Crippen LogP) is 13.2. The molecule has 0 atom stereocenters. The number of aromatic nitrogens is 4. The lowest BCUT2D eigenvalue weighted by molar-refractivity contribution is 0.669. The van der Waals surface area contributed by atoms with Gasteiger partial charge >= 0.3 is 0 Å². The molecule has 0 unspecified atom stereocenters. The lowest BCUT2D eigenvalue weighted by Crippen LogP contribution is -2.00. The number of nitrogens with zero attached hydrogens (tertiary/aromatic N) is 4. The van der Waals surface area contributed by atoms with Crippen LogP contribution in [0.3, 0.4) is 0 Å². The highest BCUT2D eigenvalue weighted by Gasteiger charge is 2.23. The van der Waals surface area contributed by atoms with Gasteiger partial charge in [-0.15, -0.1) is 0 Å². The van der Waals surface area contributed by atoms with Gasteiger partial charge in [0.25, 0.3) is 0 Å². The third kappa shape index (κ3) is 5.29. The molecule has 11 aromatic rings. The summed E-state index contributed by atoms with van der Waals surface area (Å²) in [6, 6.07) is 67.4. The van der Waals surface area contributed by atoms with Crippen molar-refractivity contribution in [2.75, 3.05) is 0 Å². The van der Waals surface area contributed by atoms with Crippen molar-refractivity contribution in [2.24, 2.45) is 0 Å². The number of para-hydroxylation sites is 2. The zero-order valence-electron chi connectivity index (χ0n) is 30.2. The molecule has 262 valence electrons. The Morgan fingerprint density at radius 2 is 0.839 bits per heavy atom. The highest BCUT2D eigenvalue weighted by atomic mass is 16.3. The highest BCUT2D eigenvalue weighted by molar-refractivity contribution is 6.18. The summed E-state index contributed by atoms with van der Waals surface area (Å²) in [4.78, 5) is 15.3. The van der Waals surface area contributed by atoms with Crippen LogP contribution in [0, 0.1) is 0 Å². The molecule has 0 radical (unpaired) electrons.